The smallest absolute Gasteiger partial charge is 0.295 e. The molecule has 0 fully saturated rings. The average Bonchev–Trinajstić information content (AvgIpc) is 3.11. The van der Waals surface area contributed by atoms with Crippen LogP contribution in [-0.4, -0.2) is 9.49 Å². The quantitative estimate of drug-likeness (QED) is 0.352. The zero-order valence-electron chi connectivity index (χ0n) is 13.9. The monoisotopic (exact) mass is 340 g/mol. The van der Waals surface area contributed by atoms with Crippen molar-refractivity contribution in [1.29, 1.82) is 0 Å². The maximum Gasteiger partial charge on any atom is 0.295 e. The topological polar surface area (TPSA) is 48.1 Å². The fourth-order valence-corrected chi connectivity index (χ4v) is 3.18. The van der Waals surface area contributed by atoms with Crippen molar-refractivity contribution in [3.05, 3.63) is 107 Å². The summed E-state index contributed by atoms with van der Waals surface area (Å²) in [6.07, 6.45) is 0. The highest BCUT2D eigenvalue weighted by molar-refractivity contribution is 5.81. The van der Waals surface area contributed by atoms with Crippen molar-refractivity contribution in [3.63, 3.8) is 0 Å². The molecule has 0 aliphatic rings. The molecule has 0 aliphatic carbocycles. The standard InChI is InChI=1S/C22H16N2O2/c25-24(26)21-16-20(17-10-4-1-5-11-17)23(19-14-8-3-9-15-19)22(21)18-12-6-2-7-13-18/h1-16H. The van der Waals surface area contributed by atoms with Crippen LogP contribution in [0.5, 0.6) is 0 Å². The Balaban J connectivity index is 2.09. The molecule has 0 aliphatic heterocycles. The van der Waals surface area contributed by atoms with Crippen molar-refractivity contribution in [1.82, 2.24) is 4.57 Å². The van der Waals surface area contributed by atoms with Gasteiger partial charge in [0.25, 0.3) is 5.69 Å². The fourth-order valence-electron chi connectivity index (χ4n) is 3.18. The Morgan fingerprint density at radius 3 is 1.73 bits per heavy atom. The first-order valence-corrected chi connectivity index (χ1v) is 8.32. The van der Waals surface area contributed by atoms with Crippen molar-refractivity contribution >= 4 is 5.69 Å². The minimum Gasteiger partial charge on any atom is -0.303 e. The molecule has 4 rings (SSSR count). The second-order valence-corrected chi connectivity index (χ2v) is 5.92. The fraction of sp³-hybridized carbons (Fsp3) is 0. The predicted octanol–water partition coefficient (Wildman–Crippen LogP) is 5.72. The molecule has 1 heterocycles. The summed E-state index contributed by atoms with van der Waals surface area (Å²) in [4.78, 5) is 11.5. The van der Waals surface area contributed by atoms with Crippen LogP contribution >= 0.6 is 0 Å². The molecule has 26 heavy (non-hydrogen) atoms. The Bertz CT molecular complexity index is 1040. The molecule has 0 saturated carbocycles. The number of aromatic nitrogens is 1. The zero-order chi connectivity index (χ0) is 17.9. The molecule has 4 nitrogen and oxygen atoms in total. The number of benzene rings is 3. The molecule has 0 bridgehead atoms. The van der Waals surface area contributed by atoms with Crippen molar-refractivity contribution in [2.75, 3.05) is 0 Å². The van der Waals surface area contributed by atoms with Gasteiger partial charge in [-0.3, -0.25) is 10.1 Å². The summed E-state index contributed by atoms with van der Waals surface area (Å²) in [6, 6.07) is 30.6. The lowest BCUT2D eigenvalue weighted by atomic mass is 10.1. The molecule has 0 unspecified atom stereocenters. The van der Waals surface area contributed by atoms with Crippen LogP contribution in [0.3, 0.4) is 0 Å². The Morgan fingerprint density at radius 1 is 0.692 bits per heavy atom. The van der Waals surface area contributed by atoms with Crippen LogP contribution < -0.4 is 0 Å². The largest absolute Gasteiger partial charge is 0.303 e. The summed E-state index contributed by atoms with van der Waals surface area (Å²) in [7, 11) is 0. The number of nitrogens with zero attached hydrogens (tertiary/aromatic N) is 2. The van der Waals surface area contributed by atoms with Gasteiger partial charge < -0.3 is 4.57 Å². The van der Waals surface area contributed by atoms with Gasteiger partial charge in [-0.1, -0.05) is 78.9 Å². The van der Waals surface area contributed by atoms with Gasteiger partial charge >= 0.3 is 0 Å². The second-order valence-electron chi connectivity index (χ2n) is 5.92. The van der Waals surface area contributed by atoms with E-state index in [9.17, 15) is 10.1 Å². The maximum atomic E-state index is 11.8. The lowest BCUT2D eigenvalue weighted by Crippen LogP contribution is -2.00. The third-order valence-corrected chi connectivity index (χ3v) is 4.31. The number of para-hydroxylation sites is 1. The van der Waals surface area contributed by atoms with Gasteiger partial charge in [0.1, 0.15) is 5.69 Å². The van der Waals surface area contributed by atoms with E-state index in [1.807, 2.05) is 95.6 Å². The van der Waals surface area contributed by atoms with E-state index in [1.165, 1.54) is 0 Å². The highest BCUT2D eigenvalue weighted by atomic mass is 16.6. The van der Waals surface area contributed by atoms with Gasteiger partial charge in [0.15, 0.2) is 0 Å². The molecule has 0 N–H and O–H groups in total. The normalized spacial score (nSPS) is 10.6. The number of rotatable bonds is 4. The van der Waals surface area contributed by atoms with Crippen LogP contribution in [0, 0.1) is 10.1 Å². The Kier molecular flexibility index (Phi) is 4.07. The molecule has 0 atom stereocenters. The van der Waals surface area contributed by atoms with Crippen LogP contribution in [0.1, 0.15) is 0 Å². The molecule has 0 saturated heterocycles. The molecule has 1 aromatic heterocycles. The highest BCUT2D eigenvalue weighted by Gasteiger charge is 2.26. The summed E-state index contributed by atoms with van der Waals surface area (Å²) in [5.74, 6) is 0. The third-order valence-electron chi connectivity index (χ3n) is 4.31. The van der Waals surface area contributed by atoms with Gasteiger partial charge in [0.2, 0.25) is 0 Å². The lowest BCUT2D eigenvalue weighted by Gasteiger charge is -2.13. The van der Waals surface area contributed by atoms with Gasteiger partial charge in [-0.05, 0) is 17.7 Å². The van der Waals surface area contributed by atoms with Crippen LogP contribution in [0.4, 0.5) is 5.69 Å². The van der Waals surface area contributed by atoms with Crippen molar-refractivity contribution in [2.24, 2.45) is 0 Å². The average molecular weight is 340 g/mol. The Hall–Kier alpha value is -3.66. The SMILES string of the molecule is O=[N+]([O-])c1cc(-c2ccccc2)n(-c2ccccc2)c1-c1ccccc1. The summed E-state index contributed by atoms with van der Waals surface area (Å²) < 4.78 is 1.96. The van der Waals surface area contributed by atoms with E-state index in [2.05, 4.69) is 0 Å². The van der Waals surface area contributed by atoms with E-state index in [1.54, 1.807) is 6.07 Å². The van der Waals surface area contributed by atoms with Crippen molar-refractivity contribution in [3.8, 4) is 28.2 Å². The predicted molar refractivity (Wildman–Crippen MR) is 103 cm³/mol. The van der Waals surface area contributed by atoms with Crippen LogP contribution in [0.2, 0.25) is 0 Å². The van der Waals surface area contributed by atoms with Crippen molar-refractivity contribution < 1.29 is 4.92 Å². The summed E-state index contributed by atoms with van der Waals surface area (Å²) in [5.41, 5.74) is 4.10. The van der Waals surface area contributed by atoms with Gasteiger partial charge in [0.05, 0.1) is 10.6 Å². The van der Waals surface area contributed by atoms with E-state index in [-0.39, 0.29) is 10.6 Å². The first-order valence-electron chi connectivity index (χ1n) is 8.32. The van der Waals surface area contributed by atoms with Gasteiger partial charge in [-0.2, -0.15) is 0 Å². The van der Waals surface area contributed by atoms with Crippen LogP contribution in [-0.2, 0) is 0 Å². The van der Waals surface area contributed by atoms with Gasteiger partial charge in [-0.25, -0.2) is 0 Å². The highest BCUT2D eigenvalue weighted by Crippen LogP contribution is 2.39. The van der Waals surface area contributed by atoms with Crippen LogP contribution in [0.15, 0.2) is 97.1 Å². The van der Waals surface area contributed by atoms with Crippen LogP contribution in [0.25, 0.3) is 28.2 Å². The molecule has 0 amide bonds. The number of hydrogen-bond donors (Lipinski definition) is 0. The molecule has 3 aromatic carbocycles. The Labute approximate surface area is 151 Å². The maximum absolute atomic E-state index is 11.8. The lowest BCUT2D eigenvalue weighted by molar-refractivity contribution is -0.384. The molecule has 0 spiro atoms. The zero-order valence-corrected chi connectivity index (χ0v) is 13.9. The van der Waals surface area contributed by atoms with Gasteiger partial charge in [0, 0.05) is 17.3 Å². The third kappa shape index (κ3) is 2.78. The molecule has 4 heteroatoms. The number of nitro groups is 1. The summed E-state index contributed by atoms with van der Waals surface area (Å²) in [5, 5.41) is 11.8. The molecular formula is C22H16N2O2. The van der Waals surface area contributed by atoms with E-state index < -0.39 is 0 Å². The minimum atomic E-state index is -0.311. The van der Waals surface area contributed by atoms with Gasteiger partial charge in [-0.15, -0.1) is 0 Å². The van der Waals surface area contributed by atoms with E-state index in [0.29, 0.717) is 5.69 Å². The Morgan fingerprint density at radius 2 is 1.19 bits per heavy atom. The summed E-state index contributed by atoms with van der Waals surface area (Å²) in [6.45, 7) is 0. The molecule has 4 aromatic rings. The summed E-state index contributed by atoms with van der Waals surface area (Å²) >= 11 is 0. The molecule has 126 valence electrons. The first-order chi connectivity index (χ1) is 12.8. The number of hydrogen-bond acceptors (Lipinski definition) is 2. The molecule has 0 radical (unpaired) electrons. The second kappa shape index (κ2) is 6.69. The van der Waals surface area contributed by atoms with Crippen molar-refractivity contribution in [2.45, 2.75) is 0 Å². The van der Waals surface area contributed by atoms with E-state index in [0.717, 1.165) is 22.5 Å². The van der Waals surface area contributed by atoms with E-state index >= 15 is 0 Å². The van der Waals surface area contributed by atoms with E-state index in [4.69, 9.17) is 0 Å². The minimum absolute atomic E-state index is 0.0962. The molecular weight excluding hydrogens is 324 g/mol. The first kappa shape index (κ1) is 15.8.